The highest BCUT2D eigenvalue weighted by Gasteiger charge is 2.30. The van der Waals surface area contributed by atoms with Crippen molar-refractivity contribution < 1.29 is 18.9 Å². The van der Waals surface area contributed by atoms with E-state index in [1.54, 1.807) is 30.1 Å². The molecule has 0 bridgehead atoms. The molecule has 2 aliphatic heterocycles. The molecular formula is C33H37Cl2N5O5. The minimum atomic E-state index is -0.562. The lowest BCUT2D eigenvalue weighted by molar-refractivity contribution is -0.0659. The van der Waals surface area contributed by atoms with Crippen LogP contribution >= 0.6 is 23.2 Å². The van der Waals surface area contributed by atoms with Crippen molar-refractivity contribution in [2.45, 2.75) is 38.7 Å². The molecule has 10 nitrogen and oxygen atoms in total. The van der Waals surface area contributed by atoms with Gasteiger partial charge >= 0.3 is 5.69 Å². The summed E-state index contributed by atoms with van der Waals surface area (Å²) in [6.07, 6.45) is 1.63. The average molecular weight is 655 g/mol. The monoisotopic (exact) mass is 653 g/mol. The zero-order valence-electron chi connectivity index (χ0n) is 25.6. The van der Waals surface area contributed by atoms with Crippen LogP contribution in [0.1, 0.15) is 38.2 Å². The molecule has 1 unspecified atom stereocenters. The van der Waals surface area contributed by atoms with Crippen molar-refractivity contribution in [3.8, 4) is 17.2 Å². The Morgan fingerprint density at radius 1 is 0.933 bits per heavy atom. The fourth-order valence-corrected chi connectivity index (χ4v) is 6.06. The maximum Gasteiger partial charge on any atom is 0.350 e. The lowest BCUT2D eigenvalue weighted by Gasteiger charge is -2.37. The highest BCUT2D eigenvalue weighted by Crippen LogP contribution is 2.36. The highest BCUT2D eigenvalue weighted by molar-refractivity contribution is 6.35. The number of rotatable bonds is 10. The van der Waals surface area contributed by atoms with Crippen molar-refractivity contribution in [2.24, 2.45) is 0 Å². The number of anilines is 2. The van der Waals surface area contributed by atoms with Gasteiger partial charge in [0.1, 0.15) is 19.0 Å². The van der Waals surface area contributed by atoms with Gasteiger partial charge in [-0.1, -0.05) is 36.2 Å². The Morgan fingerprint density at radius 2 is 1.62 bits per heavy atom. The Hall–Kier alpha value is -3.70. The topological polar surface area (TPSA) is 83.2 Å². The molecule has 45 heavy (non-hydrogen) atoms. The summed E-state index contributed by atoms with van der Waals surface area (Å²) in [4.78, 5) is 17.5. The van der Waals surface area contributed by atoms with Gasteiger partial charge < -0.3 is 28.7 Å². The van der Waals surface area contributed by atoms with Crippen LogP contribution in [0.3, 0.4) is 0 Å². The first-order valence-electron chi connectivity index (χ1n) is 15.1. The first kappa shape index (κ1) is 31.3. The van der Waals surface area contributed by atoms with Crippen LogP contribution in [0.4, 0.5) is 11.4 Å². The summed E-state index contributed by atoms with van der Waals surface area (Å²) in [5.41, 5.74) is 3.63. The van der Waals surface area contributed by atoms with Crippen LogP contribution in [0.15, 0.2) is 71.8 Å². The molecule has 4 aromatic rings. The standard InChI is InChI=1S/C33H37Cl2N5O5/c1-4-22(2)40-33(41)39(21-36-40)25-8-6-24(7-9-25)37-13-15-38(16-14-37)26-10-12-30(31(18-26)42-3)43-19-27-20-44-32(45-27)28-11-5-23(34)17-29(28)35/h5-12,17-18,21-22,27,32H,4,13-16,19-20H2,1-3H3/t22?,27-,32-/m1/s1. The smallest absolute Gasteiger partial charge is 0.350 e. The summed E-state index contributed by atoms with van der Waals surface area (Å²) < 4.78 is 26.7. The molecule has 1 aromatic heterocycles. The van der Waals surface area contributed by atoms with Crippen molar-refractivity contribution in [3.05, 3.63) is 93.1 Å². The van der Waals surface area contributed by atoms with Crippen molar-refractivity contribution >= 4 is 34.6 Å². The second-order valence-electron chi connectivity index (χ2n) is 11.2. The van der Waals surface area contributed by atoms with Crippen molar-refractivity contribution in [1.29, 1.82) is 0 Å². The van der Waals surface area contributed by atoms with Crippen LogP contribution in [-0.4, -0.2) is 67.0 Å². The molecule has 0 saturated carbocycles. The van der Waals surface area contributed by atoms with E-state index in [0.717, 1.165) is 55.2 Å². The number of benzene rings is 3. The number of aromatic nitrogens is 3. The largest absolute Gasteiger partial charge is 0.493 e. The molecule has 6 rings (SSSR count). The minimum absolute atomic E-state index is 0.0644. The van der Waals surface area contributed by atoms with Gasteiger partial charge in [-0.2, -0.15) is 5.10 Å². The zero-order valence-corrected chi connectivity index (χ0v) is 27.1. The Morgan fingerprint density at radius 3 is 2.31 bits per heavy atom. The van der Waals surface area contributed by atoms with Gasteiger partial charge in [-0.3, -0.25) is 0 Å². The second-order valence-corrected chi connectivity index (χ2v) is 12.1. The summed E-state index contributed by atoms with van der Waals surface area (Å²) in [5, 5.41) is 5.36. The molecular weight excluding hydrogens is 617 g/mol. The van der Waals surface area contributed by atoms with E-state index >= 15 is 0 Å². The van der Waals surface area contributed by atoms with Crippen molar-refractivity contribution in [2.75, 3.05) is 56.3 Å². The number of hydrogen-bond acceptors (Lipinski definition) is 8. The van der Waals surface area contributed by atoms with E-state index in [2.05, 4.69) is 33.1 Å². The number of nitrogens with zero attached hydrogens (tertiary/aromatic N) is 5. The third-order valence-electron chi connectivity index (χ3n) is 8.38. The van der Waals surface area contributed by atoms with Gasteiger partial charge in [0, 0.05) is 54.2 Å². The van der Waals surface area contributed by atoms with Gasteiger partial charge in [0.15, 0.2) is 17.8 Å². The van der Waals surface area contributed by atoms with Crippen molar-refractivity contribution in [1.82, 2.24) is 14.3 Å². The van der Waals surface area contributed by atoms with E-state index in [0.29, 0.717) is 34.8 Å². The van der Waals surface area contributed by atoms with E-state index < -0.39 is 6.29 Å². The fourth-order valence-electron chi connectivity index (χ4n) is 5.56. The van der Waals surface area contributed by atoms with Crippen LogP contribution in [0.25, 0.3) is 5.69 Å². The van der Waals surface area contributed by atoms with Crippen LogP contribution in [-0.2, 0) is 9.47 Å². The quantitative estimate of drug-likeness (QED) is 0.202. The normalized spacial score (nSPS) is 19.1. The van der Waals surface area contributed by atoms with Gasteiger partial charge in [0.25, 0.3) is 0 Å². The van der Waals surface area contributed by atoms with E-state index in [-0.39, 0.29) is 17.8 Å². The maximum atomic E-state index is 12.8. The van der Waals surface area contributed by atoms with Crippen LogP contribution in [0.2, 0.25) is 10.0 Å². The maximum absolute atomic E-state index is 12.8. The highest BCUT2D eigenvalue weighted by atomic mass is 35.5. The summed E-state index contributed by atoms with van der Waals surface area (Å²) >= 11 is 12.3. The molecule has 0 N–H and O–H groups in total. The molecule has 3 heterocycles. The molecule has 0 amide bonds. The lowest BCUT2D eigenvalue weighted by Crippen LogP contribution is -2.46. The molecule has 2 aliphatic rings. The third kappa shape index (κ3) is 6.79. The van der Waals surface area contributed by atoms with Crippen LogP contribution in [0, 0.1) is 0 Å². The number of halogens is 2. The van der Waals surface area contributed by atoms with E-state index in [4.69, 9.17) is 42.1 Å². The Kier molecular flexibility index (Phi) is 9.56. The van der Waals surface area contributed by atoms with Gasteiger partial charge in [-0.25, -0.2) is 14.0 Å². The van der Waals surface area contributed by atoms with Crippen LogP contribution in [0.5, 0.6) is 11.5 Å². The number of methoxy groups -OCH3 is 1. The molecule has 0 spiro atoms. The zero-order chi connectivity index (χ0) is 31.5. The van der Waals surface area contributed by atoms with Gasteiger partial charge in [-0.15, -0.1) is 0 Å². The Labute approximate surface area is 272 Å². The minimum Gasteiger partial charge on any atom is -0.493 e. The molecule has 238 valence electrons. The Balaban J connectivity index is 1.03. The number of ether oxygens (including phenoxy) is 4. The predicted octanol–water partition coefficient (Wildman–Crippen LogP) is 6.14. The lowest BCUT2D eigenvalue weighted by atomic mass is 10.2. The van der Waals surface area contributed by atoms with Gasteiger partial charge in [-0.05, 0) is 61.9 Å². The molecule has 0 aliphatic carbocycles. The molecule has 2 saturated heterocycles. The van der Waals surface area contributed by atoms with Crippen molar-refractivity contribution in [3.63, 3.8) is 0 Å². The second kappa shape index (κ2) is 13.7. The summed E-state index contributed by atoms with van der Waals surface area (Å²) in [6.45, 7) is 8.18. The Bertz CT molecular complexity index is 1670. The third-order valence-corrected chi connectivity index (χ3v) is 8.94. The molecule has 3 aromatic carbocycles. The van der Waals surface area contributed by atoms with E-state index in [1.165, 1.54) is 4.68 Å². The summed E-state index contributed by atoms with van der Waals surface area (Å²) in [7, 11) is 1.64. The summed E-state index contributed by atoms with van der Waals surface area (Å²) in [6, 6.07) is 19.4. The molecule has 0 radical (unpaired) electrons. The first-order valence-corrected chi connectivity index (χ1v) is 15.9. The molecule has 3 atom stereocenters. The van der Waals surface area contributed by atoms with Crippen LogP contribution < -0.4 is 25.0 Å². The van der Waals surface area contributed by atoms with Gasteiger partial charge in [0.05, 0.1) is 30.5 Å². The SMILES string of the molecule is CCC(C)n1ncn(-c2ccc(N3CCN(c4ccc(OC[C@@H]5CO[C@@H](c6ccc(Cl)cc6Cl)O5)c(OC)c4)CC3)cc2)c1=O. The first-order chi connectivity index (χ1) is 21.8. The molecule has 2 fully saturated rings. The number of hydrogen-bond donors (Lipinski definition) is 0. The van der Waals surface area contributed by atoms with Gasteiger partial charge in [0.2, 0.25) is 0 Å². The summed E-state index contributed by atoms with van der Waals surface area (Å²) in [5.74, 6) is 1.30. The predicted molar refractivity (Wildman–Crippen MR) is 176 cm³/mol. The molecule has 12 heteroatoms. The van der Waals surface area contributed by atoms with E-state index in [1.807, 2.05) is 44.2 Å². The number of piperazine rings is 1. The van der Waals surface area contributed by atoms with E-state index in [9.17, 15) is 4.79 Å². The fraction of sp³-hybridized carbons (Fsp3) is 0.394. The average Bonchev–Trinajstić information content (AvgIpc) is 3.70.